The van der Waals surface area contributed by atoms with Crippen LogP contribution in [0.1, 0.15) is 74.2 Å². The summed E-state index contributed by atoms with van der Waals surface area (Å²) in [6, 6.07) is 11.9. The van der Waals surface area contributed by atoms with Crippen LogP contribution in [-0.4, -0.2) is 66.1 Å². The van der Waals surface area contributed by atoms with Crippen molar-refractivity contribution in [1.82, 2.24) is 15.2 Å². The van der Waals surface area contributed by atoms with Gasteiger partial charge in [-0.2, -0.15) is 0 Å². The molecule has 2 saturated heterocycles. The Bertz CT molecular complexity index is 1130. The predicted octanol–water partition coefficient (Wildman–Crippen LogP) is 4.41. The van der Waals surface area contributed by atoms with E-state index in [1.165, 1.54) is 31.2 Å². The van der Waals surface area contributed by atoms with Crippen LogP contribution in [0, 0.1) is 5.92 Å². The van der Waals surface area contributed by atoms with Gasteiger partial charge in [-0.05, 0) is 100 Å². The molecule has 8 heteroatoms. The molecule has 1 amide bonds. The third kappa shape index (κ3) is 7.50. The van der Waals surface area contributed by atoms with Crippen molar-refractivity contribution >= 4 is 23.4 Å². The fraction of sp³-hybridized carbons (Fsp3) is 0.581. The van der Waals surface area contributed by atoms with Crippen LogP contribution in [0.5, 0.6) is 0 Å². The number of likely N-dealkylation sites (tertiary alicyclic amines) is 1. The molecule has 2 atom stereocenters. The number of carboxylic acids is 1. The molecule has 39 heavy (non-hydrogen) atoms. The second-order valence-corrected chi connectivity index (χ2v) is 11.4. The van der Waals surface area contributed by atoms with E-state index >= 15 is 0 Å². The summed E-state index contributed by atoms with van der Waals surface area (Å²) in [6.45, 7) is 5.70. The predicted molar refractivity (Wildman–Crippen MR) is 154 cm³/mol. The zero-order chi connectivity index (χ0) is 27.0. The first-order chi connectivity index (χ1) is 19.0. The van der Waals surface area contributed by atoms with Crippen LogP contribution < -0.4 is 15.5 Å². The number of rotatable bonds is 10. The maximum Gasteiger partial charge on any atom is 0.305 e. The highest BCUT2D eigenvalue weighted by Gasteiger charge is 2.28. The highest BCUT2D eigenvalue weighted by atomic mass is 16.4. The number of piperidine rings is 2. The van der Waals surface area contributed by atoms with E-state index in [0.717, 1.165) is 94.1 Å². The molecule has 2 fully saturated rings. The van der Waals surface area contributed by atoms with Crippen LogP contribution in [0.15, 0.2) is 36.4 Å². The first kappa shape index (κ1) is 27.4. The summed E-state index contributed by atoms with van der Waals surface area (Å²) in [6.07, 6.45) is 9.52. The van der Waals surface area contributed by atoms with Crippen molar-refractivity contribution < 1.29 is 14.7 Å². The summed E-state index contributed by atoms with van der Waals surface area (Å²) in [5, 5.41) is 16.1. The molecule has 4 heterocycles. The standard InChI is InChI=1S/C31H43N5O3/c37-29(38)21-28(24-8-4-12-27(20-24)36-18-2-1-3-19-36)34-31(39)25-10-6-16-35(22-25)17-7-11-26-14-13-23-9-5-15-32-30(23)33-26/h4,8,12-14,20,25,28H,1-3,5-7,9-11,15-19,21-22H2,(H,32,33)(H,34,39)(H,37,38)/t25-,28?/m1/s1. The van der Waals surface area contributed by atoms with Crippen LogP contribution in [0.3, 0.4) is 0 Å². The number of nitrogens with zero attached hydrogens (tertiary/aromatic N) is 3. The van der Waals surface area contributed by atoms with Crippen LogP contribution in [0.2, 0.25) is 0 Å². The number of amides is 1. The fourth-order valence-corrected chi connectivity index (χ4v) is 6.27. The highest BCUT2D eigenvalue weighted by Crippen LogP contribution is 2.27. The van der Waals surface area contributed by atoms with Gasteiger partial charge in [-0.1, -0.05) is 18.2 Å². The van der Waals surface area contributed by atoms with E-state index in [1.807, 2.05) is 12.1 Å². The maximum absolute atomic E-state index is 13.4. The number of carbonyl (C=O) groups excluding carboxylic acids is 1. The van der Waals surface area contributed by atoms with Crippen molar-refractivity contribution in [3.8, 4) is 0 Å². The van der Waals surface area contributed by atoms with Gasteiger partial charge in [0.2, 0.25) is 5.91 Å². The summed E-state index contributed by atoms with van der Waals surface area (Å²) in [5.74, 6) is -0.00563. The van der Waals surface area contributed by atoms with E-state index < -0.39 is 12.0 Å². The number of nitrogens with one attached hydrogen (secondary N) is 2. The number of pyridine rings is 1. The molecule has 5 rings (SSSR count). The molecular weight excluding hydrogens is 490 g/mol. The summed E-state index contributed by atoms with van der Waals surface area (Å²) >= 11 is 0. The van der Waals surface area contributed by atoms with Crippen LogP contribution >= 0.6 is 0 Å². The second-order valence-electron chi connectivity index (χ2n) is 11.4. The van der Waals surface area contributed by atoms with Crippen molar-refractivity contribution in [1.29, 1.82) is 0 Å². The Kier molecular flexibility index (Phi) is 9.35. The molecule has 3 aliphatic rings. The monoisotopic (exact) mass is 533 g/mol. The second kappa shape index (κ2) is 13.3. The lowest BCUT2D eigenvalue weighted by Crippen LogP contribution is -2.44. The van der Waals surface area contributed by atoms with Gasteiger partial charge in [0.1, 0.15) is 5.82 Å². The number of carbonyl (C=O) groups is 2. The molecule has 0 saturated carbocycles. The minimum atomic E-state index is -0.903. The Morgan fingerprint density at radius 1 is 1.08 bits per heavy atom. The third-order valence-electron chi connectivity index (χ3n) is 8.42. The lowest BCUT2D eigenvalue weighted by Gasteiger charge is -2.33. The molecule has 1 aromatic carbocycles. The zero-order valence-corrected chi connectivity index (χ0v) is 23.0. The normalized spacial score (nSPS) is 20.5. The summed E-state index contributed by atoms with van der Waals surface area (Å²) < 4.78 is 0. The van der Waals surface area contributed by atoms with Crippen molar-refractivity contribution in [3.63, 3.8) is 0 Å². The van der Waals surface area contributed by atoms with Gasteiger partial charge < -0.3 is 25.5 Å². The largest absolute Gasteiger partial charge is 0.481 e. The van der Waals surface area contributed by atoms with Gasteiger partial charge in [-0.25, -0.2) is 4.98 Å². The SMILES string of the molecule is O=C(O)CC(NC(=O)[C@@H]1CCCN(CCCc2ccc3c(n2)NCCC3)C1)c1cccc(N2CCCCC2)c1. The van der Waals surface area contributed by atoms with Gasteiger partial charge in [0.05, 0.1) is 18.4 Å². The molecule has 3 aliphatic heterocycles. The van der Waals surface area contributed by atoms with E-state index in [9.17, 15) is 14.7 Å². The third-order valence-corrected chi connectivity index (χ3v) is 8.42. The molecule has 3 N–H and O–H groups in total. The van der Waals surface area contributed by atoms with Gasteiger partial charge >= 0.3 is 5.97 Å². The lowest BCUT2D eigenvalue weighted by atomic mass is 9.95. The van der Waals surface area contributed by atoms with E-state index in [2.05, 4.69) is 44.7 Å². The fourth-order valence-electron chi connectivity index (χ4n) is 6.27. The minimum Gasteiger partial charge on any atom is -0.481 e. The number of hydrogen-bond donors (Lipinski definition) is 3. The van der Waals surface area contributed by atoms with Crippen LogP contribution in [0.4, 0.5) is 11.5 Å². The molecule has 2 aromatic rings. The van der Waals surface area contributed by atoms with Gasteiger partial charge in [-0.3, -0.25) is 9.59 Å². The molecule has 0 spiro atoms. The smallest absolute Gasteiger partial charge is 0.305 e. The lowest BCUT2D eigenvalue weighted by molar-refractivity contribution is -0.138. The molecular formula is C31H43N5O3. The number of aromatic nitrogens is 1. The average Bonchev–Trinajstić information content (AvgIpc) is 2.97. The van der Waals surface area contributed by atoms with Gasteiger partial charge in [-0.15, -0.1) is 0 Å². The Hall–Kier alpha value is -3.13. The van der Waals surface area contributed by atoms with Gasteiger partial charge in [0.25, 0.3) is 0 Å². The highest BCUT2D eigenvalue weighted by molar-refractivity contribution is 5.80. The molecule has 0 aliphatic carbocycles. The van der Waals surface area contributed by atoms with E-state index in [4.69, 9.17) is 4.98 Å². The Labute approximate surface area is 232 Å². The minimum absolute atomic E-state index is 0.0308. The molecule has 0 bridgehead atoms. The number of fused-ring (bicyclic) bond motifs is 1. The zero-order valence-electron chi connectivity index (χ0n) is 23.0. The van der Waals surface area contributed by atoms with E-state index in [1.54, 1.807) is 0 Å². The Morgan fingerprint density at radius 3 is 2.79 bits per heavy atom. The Balaban J connectivity index is 1.15. The molecule has 0 radical (unpaired) electrons. The number of anilines is 2. The van der Waals surface area contributed by atoms with Crippen molar-refractivity contribution in [2.45, 2.75) is 70.3 Å². The number of aliphatic carboxylic acids is 1. The summed E-state index contributed by atoms with van der Waals surface area (Å²) in [4.78, 5) is 34.6. The molecule has 1 unspecified atom stereocenters. The van der Waals surface area contributed by atoms with Crippen molar-refractivity contribution in [3.05, 3.63) is 53.2 Å². The molecule has 8 nitrogen and oxygen atoms in total. The number of aryl methyl sites for hydroxylation is 2. The van der Waals surface area contributed by atoms with Crippen LogP contribution in [0.25, 0.3) is 0 Å². The topological polar surface area (TPSA) is 97.8 Å². The average molecular weight is 534 g/mol. The number of benzene rings is 1. The Morgan fingerprint density at radius 2 is 1.95 bits per heavy atom. The van der Waals surface area contributed by atoms with Crippen molar-refractivity contribution in [2.24, 2.45) is 5.92 Å². The van der Waals surface area contributed by atoms with Gasteiger partial charge in [0, 0.05) is 37.6 Å². The molecule has 210 valence electrons. The van der Waals surface area contributed by atoms with Crippen LogP contribution in [-0.2, 0) is 22.4 Å². The molecule has 1 aromatic heterocycles. The number of carboxylic acid groups (broad SMARTS) is 1. The first-order valence-electron chi connectivity index (χ1n) is 14.9. The van der Waals surface area contributed by atoms with Gasteiger partial charge in [0.15, 0.2) is 0 Å². The quantitative estimate of drug-likeness (QED) is 0.416. The maximum atomic E-state index is 13.4. The first-order valence-corrected chi connectivity index (χ1v) is 14.9. The summed E-state index contributed by atoms with van der Waals surface area (Å²) in [5.41, 5.74) is 4.42. The van der Waals surface area contributed by atoms with E-state index in [0.29, 0.717) is 0 Å². The summed E-state index contributed by atoms with van der Waals surface area (Å²) in [7, 11) is 0. The number of hydrogen-bond acceptors (Lipinski definition) is 6. The van der Waals surface area contributed by atoms with E-state index in [-0.39, 0.29) is 18.2 Å². The van der Waals surface area contributed by atoms with Crippen molar-refractivity contribution in [2.75, 3.05) is 49.5 Å².